The van der Waals surface area contributed by atoms with Gasteiger partial charge in [-0.1, -0.05) is 35.9 Å². The second-order valence-corrected chi connectivity index (χ2v) is 8.30. The van der Waals surface area contributed by atoms with E-state index < -0.39 is 17.7 Å². The number of esters is 1. The number of carbonyl (C=O) groups excluding carboxylic acids is 2. The largest absolute Gasteiger partial charge is 0.462 e. The molecule has 0 atom stereocenters. The number of hydrogen-bond acceptors (Lipinski definition) is 3. The van der Waals surface area contributed by atoms with Crippen molar-refractivity contribution in [2.45, 2.75) is 44.7 Å². The fourth-order valence-electron chi connectivity index (χ4n) is 4.05. The lowest BCUT2D eigenvalue weighted by atomic mass is 9.76. The zero-order chi connectivity index (χ0) is 23.3. The molecule has 0 saturated heterocycles. The molecule has 0 heterocycles. The molecule has 3 rings (SSSR count). The summed E-state index contributed by atoms with van der Waals surface area (Å²) in [7, 11) is 0. The molecule has 2 aromatic rings. The van der Waals surface area contributed by atoms with Gasteiger partial charge < -0.3 is 4.74 Å². The zero-order valence-corrected chi connectivity index (χ0v) is 18.4. The van der Waals surface area contributed by atoms with E-state index >= 15 is 0 Å². The number of ketones is 1. The summed E-state index contributed by atoms with van der Waals surface area (Å²) in [5, 5.41) is 0.663. The van der Waals surface area contributed by atoms with Gasteiger partial charge in [-0.25, -0.2) is 4.79 Å². The summed E-state index contributed by atoms with van der Waals surface area (Å²) >= 11 is 5.95. The second kappa shape index (κ2) is 10.3. The van der Waals surface area contributed by atoms with Crippen molar-refractivity contribution in [1.82, 2.24) is 0 Å². The van der Waals surface area contributed by atoms with Crippen LogP contribution in [0, 0.1) is 5.92 Å². The molecule has 0 aromatic heterocycles. The van der Waals surface area contributed by atoms with Gasteiger partial charge in [-0.15, -0.1) is 0 Å². The van der Waals surface area contributed by atoms with Crippen molar-refractivity contribution in [3.8, 4) is 0 Å². The minimum Gasteiger partial charge on any atom is -0.462 e. The van der Waals surface area contributed by atoms with E-state index in [4.69, 9.17) is 16.3 Å². The predicted molar refractivity (Wildman–Crippen MR) is 117 cm³/mol. The van der Waals surface area contributed by atoms with Gasteiger partial charge in [0.2, 0.25) is 0 Å². The van der Waals surface area contributed by atoms with Crippen molar-refractivity contribution >= 4 is 29.4 Å². The van der Waals surface area contributed by atoms with Gasteiger partial charge in [0.05, 0.1) is 12.2 Å². The van der Waals surface area contributed by atoms with Crippen molar-refractivity contribution in [3.63, 3.8) is 0 Å². The molecule has 0 unspecified atom stereocenters. The minimum atomic E-state index is -4.52. The van der Waals surface area contributed by atoms with Crippen molar-refractivity contribution in [3.05, 3.63) is 75.8 Å². The van der Waals surface area contributed by atoms with Crippen molar-refractivity contribution in [2.24, 2.45) is 5.92 Å². The van der Waals surface area contributed by atoms with Gasteiger partial charge in [0, 0.05) is 10.9 Å². The lowest BCUT2D eigenvalue weighted by Gasteiger charge is -2.28. The van der Waals surface area contributed by atoms with Crippen LogP contribution in [0.25, 0.3) is 6.08 Å². The molecule has 1 saturated carbocycles. The van der Waals surface area contributed by atoms with Crippen molar-refractivity contribution in [2.75, 3.05) is 6.61 Å². The summed E-state index contributed by atoms with van der Waals surface area (Å²) in [5.74, 6) is -1.26. The number of hydrogen-bond donors (Lipinski definition) is 0. The Morgan fingerprint density at radius 2 is 1.72 bits per heavy atom. The molecular formula is C25H24ClF3O3. The molecule has 0 N–H and O–H groups in total. The van der Waals surface area contributed by atoms with E-state index in [0.717, 1.165) is 30.5 Å². The van der Waals surface area contributed by atoms with E-state index in [1.165, 1.54) is 18.2 Å². The molecule has 0 bridgehead atoms. The number of Topliss-reactive ketones (excluding diaryl/α,β-unsaturated/α-hetero) is 1. The molecule has 1 fully saturated rings. The molecule has 1 aliphatic carbocycles. The molecule has 32 heavy (non-hydrogen) atoms. The Morgan fingerprint density at radius 3 is 2.31 bits per heavy atom. The van der Waals surface area contributed by atoms with E-state index in [1.807, 2.05) is 24.3 Å². The lowest BCUT2D eigenvalue weighted by Crippen LogP contribution is -2.26. The summed E-state index contributed by atoms with van der Waals surface area (Å²) in [4.78, 5) is 25.7. The zero-order valence-electron chi connectivity index (χ0n) is 17.6. The SMILES string of the molecule is CCOC(=O)/C(=C\c1cccc(C(F)(F)F)c1)C(=O)[C@H]1CC[C@H](c2ccc(Cl)cc2)CC1. The summed E-state index contributed by atoms with van der Waals surface area (Å²) in [5.41, 5.74) is 0.239. The Balaban J connectivity index is 1.79. The maximum Gasteiger partial charge on any atom is 0.416 e. The third-order valence-electron chi connectivity index (χ3n) is 5.73. The van der Waals surface area contributed by atoms with Gasteiger partial charge in [0.25, 0.3) is 0 Å². The van der Waals surface area contributed by atoms with Crippen LogP contribution >= 0.6 is 11.6 Å². The van der Waals surface area contributed by atoms with Crippen molar-refractivity contribution in [1.29, 1.82) is 0 Å². The number of benzene rings is 2. The van der Waals surface area contributed by atoms with E-state index in [1.54, 1.807) is 6.92 Å². The average molecular weight is 465 g/mol. The summed E-state index contributed by atoms with van der Waals surface area (Å²) in [6.07, 6.45) is -0.578. The highest BCUT2D eigenvalue weighted by Gasteiger charge is 2.33. The van der Waals surface area contributed by atoms with Crippen LogP contribution in [0.15, 0.2) is 54.1 Å². The van der Waals surface area contributed by atoms with E-state index in [-0.39, 0.29) is 29.4 Å². The average Bonchev–Trinajstić information content (AvgIpc) is 2.77. The maximum absolute atomic E-state index is 13.2. The second-order valence-electron chi connectivity index (χ2n) is 7.87. The first-order valence-corrected chi connectivity index (χ1v) is 10.9. The van der Waals surface area contributed by atoms with E-state index in [9.17, 15) is 22.8 Å². The number of rotatable bonds is 6. The first kappa shape index (κ1) is 24.1. The number of ether oxygens (including phenoxy) is 1. The number of alkyl halides is 3. The summed E-state index contributed by atoms with van der Waals surface area (Å²) in [6.45, 7) is 1.68. The molecule has 0 aliphatic heterocycles. The van der Waals surface area contributed by atoms with Crippen LogP contribution < -0.4 is 0 Å². The Labute approximate surface area is 190 Å². The van der Waals surface area contributed by atoms with E-state index in [0.29, 0.717) is 23.8 Å². The summed E-state index contributed by atoms with van der Waals surface area (Å²) < 4.78 is 44.2. The molecule has 170 valence electrons. The lowest BCUT2D eigenvalue weighted by molar-refractivity contribution is -0.140. The highest BCUT2D eigenvalue weighted by Crippen LogP contribution is 2.38. The first-order chi connectivity index (χ1) is 15.2. The Kier molecular flexibility index (Phi) is 7.77. The molecule has 2 aromatic carbocycles. The Bertz CT molecular complexity index is 988. The predicted octanol–water partition coefficient (Wildman–Crippen LogP) is 6.85. The minimum absolute atomic E-state index is 0.0648. The maximum atomic E-state index is 13.2. The normalized spacial score (nSPS) is 19.5. The Hall–Kier alpha value is -2.60. The van der Waals surface area contributed by atoms with Crippen LogP contribution in [0.3, 0.4) is 0 Å². The highest BCUT2D eigenvalue weighted by molar-refractivity contribution is 6.30. The van der Waals surface area contributed by atoms with Crippen LogP contribution in [0.5, 0.6) is 0 Å². The van der Waals surface area contributed by atoms with Crippen LogP contribution in [-0.4, -0.2) is 18.4 Å². The van der Waals surface area contributed by atoms with Crippen LogP contribution in [0.4, 0.5) is 13.2 Å². The topological polar surface area (TPSA) is 43.4 Å². The molecular weight excluding hydrogens is 441 g/mol. The van der Waals surface area contributed by atoms with Crippen LogP contribution in [-0.2, 0) is 20.5 Å². The molecule has 7 heteroatoms. The number of carbonyl (C=O) groups is 2. The molecule has 0 amide bonds. The third-order valence-corrected chi connectivity index (χ3v) is 5.98. The van der Waals surface area contributed by atoms with Crippen LogP contribution in [0.2, 0.25) is 5.02 Å². The van der Waals surface area contributed by atoms with Crippen LogP contribution in [0.1, 0.15) is 55.2 Å². The van der Waals surface area contributed by atoms with Gasteiger partial charge in [0.1, 0.15) is 5.57 Å². The standard InChI is InChI=1S/C25H24ClF3O3/c1-2-32-24(31)22(15-16-4-3-5-20(14-16)25(27,28)29)23(30)19-8-6-17(7-9-19)18-10-12-21(26)13-11-18/h3-5,10-15,17,19H,2,6-9H2,1H3/b22-15-/t17-,19-. The quantitative estimate of drug-likeness (QED) is 0.203. The van der Waals surface area contributed by atoms with E-state index in [2.05, 4.69) is 0 Å². The monoisotopic (exact) mass is 464 g/mol. The molecule has 3 nitrogen and oxygen atoms in total. The fraction of sp³-hybridized carbons (Fsp3) is 0.360. The fourth-order valence-corrected chi connectivity index (χ4v) is 4.18. The number of halogens is 4. The highest BCUT2D eigenvalue weighted by atomic mass is 35.5. The molecule has 1 aliphatic rings. The van der Waals surface area contributed by atoms with Gasteiger partial charge in [-0.2, -0.15) is 13.2 Å². The molecule has 0 spiro atoms. The first-order valence-electron chi connectivity index (χ1n) is 10.5. The smallest absolute Gasteiger partial charge is 0.416 e. The van der Waals surface area contributed by atoms with Gasteiger partial charge >= 0.3 is 12.1 Å². The van der Waals surface area contributed by atoms with Gasteiger partial charge in [-0.05, 0) is 80.0 Å². The van der Waals surface area contributed by atoms with Crippen molar-refractivity contribution < 1.29 is 27.5 Å². The third kappa shape index (κ3) is 6.00. The Morgan fingerprint density at radius 1 is 1.06 bits per heavy atom. The van der Waals surface area contributed by atoms with Gasteiger partial charge in [0.15, 0.2) is 5.78 Å². The summed E-state index contributed by atoms with van der Waals surface area (Å²) in [6, 6.07) is 12.2. The van der Waals surface area contributed by atoms with Gasteiger partial charge in [-0.3, -0.25) is 4.79 Å². The molecule has 0 radical (unpaired) electrons.